The average molecular weight is 175 g/mol. The molecule has 2 unspecified atom stereocenters. The molecular weight excluding hydrogens is 162 g/mol. The Labute approximate surface area is 77.7 Å². The van der Waals surface area contributed by atoms with Crippen LogP contribution in [0.5, 0.6) is 5.75 Å². The van der Waals surface area contributed by atoms with Crippen molar-refractivity contribution in [2.24, 2.45) is 5.73 Å². The van der Waals surface area contributed by atoms with Crippen molar-refractivity contribution in [2.45, 2.75) is 24.8 Å². The van der Waals surface area contributed by atoms with Gasteiger partial charge < -0.3 is 10.5 Å². The molecule has 3 rings (SSSR count). The van der Waals surface area contributed by atoms with Crippen molar-refractivity contribution in [1.82, 2.24) is 0 Å². The van der Waals surface area contributed by atoms with Gasteiger partial charge in [-0.25, -0.2) is 0 Å². The summed E-state index contributed by atoms with van der Waals surface area (Å²) in [4.78, 5) is 0. The first-order valence-corrected chi connectivity index (χ1v) is 4.87. The quantitative estimate of drug-likeness (QED) is 0.654. The Kier molecular flexibility index (Phi) is 1.41. The Balaban J connectivity index is 2.22. The van der Waals surface area contributed by atoms with Crippen LogP contribution in [-0.2, 0) is 0 Å². The Morgan fingerprint density at radius 2 is 2.31 bits per heavy atom. The summed E-state index contributed by atoms with van der Waals surface area (Å²) in [6, 6.07) is 6.48. The molecular formula is C11H13NO. The third-order valence-electron chi connectivity index (χ3n) is 3.17. The molecule has 0 bridgehead atoms. The van der Waals surface area contributed by atoms with Crippen LogP contribution in [0.4, 0.5) is 0 Å². The molecule has 1 aromatic carbocycles. The van der Waals surface area contributed by atoms with Gasteiger partial charge in [-0.3, -0.25) is 0 Å². The molecule has 2 atom stereocenters. The van der Waals surface area contributed by atoms with Gasteiger partial charge in [-0.2, -0.15) is 0 Å². The van der Waals surface area contributed by atoms with Gasteiger partial charge in [0.25, 0.3) is 0 Å². The van der Waals surface area contributed by atoms with Gasteiger partial charge in [-0.15, -0.1) is 0 Å². The van der Waals surface area contributed by atoms with Crippen molar-refractivity contribution in [3.8, 4) is 5.75 Å². The topological polar surface area (TPSA) is 35.2 Å². The zero-order chi connectivity index (χ0) is 8.84. The first kappa shape index (κ1) is 7.39. The molecule has 13 heavy (non-hydrogen) atoms. The fourth-order valence-electron chi connectivity index (χ4n) is 2.57. The Bertz CT molecular complexity index is 348. The van der Waals surface area contributed by atoms with Crippen LogP contribution >= 0.6 is 0 Å². The van der Waals surface area contributed by atoms with E-state index in [-0.39, 0.29) is 6.04 Å². The molecule has 68 valence electrons. The molecule has 0 spiro atoms. The Morgan fingerprint density at radius 1 is 1.38 bits per heavy atom. The van der Waals surface area contributed by atoms with Gasteiger partial charge in [0.05, 0.1) is 6.61 Å². The summed E-state index contributed by atoms with van der Waals surface area (Å²) in [5.41, 5.74) is 8.75. The van der Waals surface area contributed by atoms with Crippen LogP contribution in [0.2, 0.25) is 0 Å². The van der Waals surface area contributed by atoms with Crippen LogP contribution in [0.1, 0.15) is 35.9 Å². The van der Waals surface area contributed by atoms with Gasteiger partial charge in [-0.05, 0) is 30.4 Å². The number of nitrogens with two attached hydrogens (primary N) is 1. The van der Waals surface area contributed by atoms with Crippen LogP contribution in [0, 0.1) is 0 Å². The van der Waals surface area contributed by atoms with Crippen molar-refractivity contribution < 1.29 is 4.74 Å². The molecule has 1 aromatic rings. The van der Waals surface area contributed by atoms with E-state index in [9.17, 15) is 0 Å². The van der Waals surface area contributed by atoms with Gasteiger partial charge in [0.1, 0.15) is 5.75 Å². The van der Waals surface area contributed by atoms with E-state index in [0.29, 0.717) is 5.92 Å². The van der Waals surface area contributed by atoms with E-state index in [0.717, 1.165) is 25.2 Å². The van der Waals surface area contributed by atoms with Gasteiger partial charge in [0.15, 0.2) is 0 Å². The van der Waals surface area contributed by atoms with Crippen LogP contribution in [0.15, 0.2) is 18.2 Å². The second kappa shape index (κ2) is 2.48. The summed E-state index contributed by atoms with van der Waals surface area (Å²) in [7, 11) is 0. The summed E-state index contributed by atoms with van der Waals surface area (Å²) in [5, 5.41) is 0. The smallest absolute Gasteiger partial charge is 0.123 e. The van der Waals surface area contributed by atoms with Gasteiger partial charge >= 0.3 is 0 Å². The monoisotopic (exact) mass is 175 g/mol. The standard InChI is InChI=1S/C11H13NO/c12-9-6-7-4-5-13-10-3-1-2-8(9)11(7)10/h1-3,7,9H,4-6,12H2. The minimum atomic E-state index is 0.238. The summed E-state index contributed by atoms with van der Waals surface area (Å²) in [6.07, 6.45) is 2.24. The van der Waals surface area contributed by atoms with E-state index >= 15 is 0 Å². The molecule has 0 saturated carbocycles. The maximum absolute atomic E-state index is 6.05. The van der Waals surface area contributed by atoms with Gasteiger partial charge in [0.2, 0.25) is 0 Å². The van der Waals surface area contributed by atoms with Crippen molar-refractivity contribution >= 4 is 0 Å². The highest BCUT2D eigenvalue weighted by Gasteiger charge is 2.33. The largest absolute Gasteiger partial charge is 0.493 e. The summed E-state index contributed by atoms with van der Waals surface area (Å²) < 4.78 is 5.61. The van der Waals surface area contributed by atoms with Gasteiger partial charge in [0, 0.05) is 11.6 Å². The number of benzene rings is 1. The predicted molar refractivity (Wildman–Crippen MR) is 50.8 cm³/mol. The lowest BCUT2D eigenvalue weighted by Gasteiger charge is -2.21. The first-order chi connectivity index (χ1) is 6.36. The Morgan fingerprint density at radius 3 is 3.23 bits per heavy atom. The van der Waals surface area contributed by atoms with E-state index in [1.165, 1.54) is 11.1 Å². The van der Waals surface area contributed by atoms with E-state index in [2.05, 4.69) is 12.1 Å². The highest BCUT2D eigenvalue weighted by atomic mass is 16.5. The number of rotatable bonds is 0. The third-order valence-corrected chi connectivity index (χ3v) is 3.17. The van der Waals surface area contributed by atoms with Crippen molar-refractivity contribution in [2.75, 3.05) is 6.61 Å². The van der Waals surface area contributed by atoms with Crippen LogP contribution < -0.4 is 10.5 Å². The summed E-state index contributed by atoms with van der Waals surface area (Å²) >= 11 is 0. The molecule has 0 saturated heterocycles. The molecule has 2 heteroatoms. The molecule has 1 aliphatic heterocycles. The molecule has 0 radical (unpaired) electrons. The number of hydrogen-bond acceptors (Lipinski definition) is 2. The molecule has 2 nitrogen and oxygen atoms in total. The number of hydrogen-bond donors (Lipinski definition) is 1. The van der Waals surface area contributed by atoms with E-state index in [4.69, 9.17) is 10.5 Å². The third kappa shape index (κ3) is 0.923. The minimum absolute atomic E-state index is 0.238. The maximum atomic E-state index is 6.05. The molecule has 0 fully saturated rings. The van der Waals surface area contributed by atoms with Gasteiger partial charge in [-0.1, -0.05) is 12.1 Å². The fourth-order valence-corrected chi connectivity index (χ4v) is 2.57. The zero-order valence-corrected chi connectivity index (χ0v) is 7.49. The molecule has 2 aliphatic rings. The summed E-state index contributed by atoms with van der Waals surface area (Å²) in [5.74, 6) is 1.73. The Hall–Kier alpha value is -1.02. The predicted octanol–water partition coefficient (Wildman–Crippen LogP) is 1.96. The SMILES string of the molecule is NC1CC2CCOc3cccc1c32. The maximum Gasteiger partial charge on any atom is 0.123 e. The van der Waals surface area contributed by atoms with Crippen molar-refractivity contribution in [3.63, 3.8) is 0 Å². The second-order valence-electron chi connectivity index (χ2n) is 3.94. The normalized spacial score (nSPS) is 29.6. The van der Waals surface area contributed by atoms with Crippen molar-refractivity contribution in [3.05, 3.63) is 29.3 Å². The molecule has 1 aliphatic carbocycles. The van der Waals surface area contributed by atoms with E-state index in [1.54, 1.807) is 0 Å². The first-order valence-electron chi connectivity index (χ1n) is 4.87. The average Bonchev–Trinajstić information content (AvgIpc) is 2.47. The van der Waals surface area contributed by atoms with E-state index in [1.807, 2.05) is 6.07 Å². The second-order valence-corrected chi connectivity index (χ2v) is 3.94. The molecule has 2 N–H and O–H groups in total. The lowest BCUT2D eigenvalue weighted by molar-refractivity contribution is 0.268. The molecule has 1 heterocycles. The lowest BCUT2D eigenvalue weighted by atomic mass is 9.95. The lowest BCUT2D eigenvalue weighted by Crippen LogP contribution is -2.11. The fraction of sp³-hybridized carbons (Fsp3) is 0.455. The van der Waals surface area contributed by atoms with Crippen LogP contribution in [0.3, 0.4) is 0 Å². The molecule has 0 amide bonds. The highest BCUT2D eigenvalue weighted by Crippen LogP contribution is 2.47. The highest BCUT2D eigenvalue weighted by molar-refractivity contribution is 5.48. The minimum Gasteiger partial charge on any atom is -0.493 e. The van der Waals surface area contributed by atoms with Crippen molar-refractivity contribution in [1.29, 1.82) is 0 Å². The number of ether oxygens (including phenoxy) is 1. The molecule has 0 aromatic heterocycles. The zero-order valence-electron chi connectivity index (χ0n) is 7.49. The van der Waals surface area contributed by atoms with Crippen LogP contribution in [-0.4, -0.2) is 6.61 Å². The van der Waals surface area contributed by atoms with E-state index < -0.39 is 0 Å². The van der Waals surface area contributed by atoms with Crippen LogP contribution in [0.25, 0.3) is 0 Å². The summed E-state index contributed by atoms with van der Waals surface area (Å²) in [6.45, 7) is 0.855.